The van der Waals surface area contributed by atoms with Gasteiger partial charge in [-0.15, -0.1) is 0 Å². The first-order valence-electron chi connectivity index (χ1n) is 11.3. The van der Waals surface area contributed by atoms with Gasteiger partial charge in [0.1, 0.15) is 5.76 Å². The zero-order valence-electron chi connectivity index (χ0n) is 19.5. The molecule has 1 fully saturated rings. The number of amides is 2. The third kappa shape index (κ3) is 4.29. The lowest BCUT2D eigenvalue weighted by molar-refractivity contribution is -0.0115. The lowest BCUT2D eigenvalue weighted by Gasteiger charge is -2.33. The molecule has 3 N–H and O–H groups in total. The highest BCUT2D eigenvalue weighted by Gasteiger charge is 2.49. The Morgan fingerprint density at radius 2 is 1.76 bits per heavy atom. The zero-order chi connectivity index (χ0) is 24.3. The molecule has 1 aromatic carbocycles. The molecule has 3 atom stereocenters. The summed E-state index contributed by atoms with van der Waals surface area (Å²) >= 11 is 6.28. The molecule has 2 aromatic rings. The minimum atomic E-state index is -4.28. The van der Waals surface area contributed by atoms with E-state index in [9.17, 15) is 18.3 Å². The molecular weight excluding hydrogens is 464 g/mol. The van der Waals surface area contributed by atoms with Crippen molar-refractivity contribution in [2.75, 3.05) is 5.32 Å². The fourth-order valence-electron chi connectivity index (χ4n) is 5.18. The van der Waals surface area contributed by atoms with E-state index in [2.05, 4.69) is 10.0 Å². The molecule has 2 amide bonds. The Balaban J connectivity index is 1.62. The number of carbonyl (C=O) groups excluding carboxylic acids is 1. The SMILES string of the molecule is CC(C)c1cc(Cl)cc(C(C)C)c1NC(=O)NS(=O)(=O)c1cc2c(o1)C1CCC(C1)C2(C)O. The predicted octanol–water partition coefficient (Wildman–Crippen LogP) is 5.80. The van der Waals surface area contributed by atoms with Gasteiger partial charge in [-0.3, -0.25) is 0 Å². The van der Waals surface area contributed by atoms with E-state index < -0.39 is 21.7 Å². The number of nitrogens with one attached hydrogen (secondary N) is 2. The van der Waals surface area contributed by atoms with Gasteiger partial charge < -0.3 is 14.8 Å². The topological polar surface area (TPSA) is 109 Å². The Hall–Kier alpha value is -2.03. The Morgan fingerprint density at radius 1 is 1.15 bits per heavy atom. The molecule has 1 aromatic heterocycles. The summed E-state index contributed by atoms with van der Waals surface area (Å²) in [5.41, 5.74) is 1.54. The van der Waals surface area contributed by atoms with Crippen molar-refractivity contribution >= 4 is 33.3 Å². The summed E-state index contributed by atoms with van der Waals surface area (Å²) in [4.78, 5) is 12.8. The van der Waals surface area contributed by atoms with Gasteiger partial charge >= 0.3 is 6.03 Å². The first-order valence-corrected chi connectivity index (χ1v) is 13.2. The predicted molar refractivity (Wildman–Crippen MR) is 127 cm³/mol. The van der Waals surface area contributed by atoms with Crippen LogP contribution in [0.25, 0.3) is 0 Å². The van der Waals surface area contributed by atoms with Gasteiger partial charge in [-0.25, -0.2) is 9.52 Å². The van der Waals surface area contributed by atoms with Crippen molar-refractivity contribution in [3.05, 3.63) is 45.7 Å². The van der Waals surface area contributed by atoms with Crippen LogP contribution < -0.4 is 10.0 Å². The lowest BCUT2D eigenvalue weighted by atomic mass is 9.76. The van der Waals surface area contributed by atoms with Crippen LogP contribution in [0.1, 0.15) is 94.1 Å². The van der Waals surface area contributed by atoms with Crippen LogP contribution >= 0.6 is 11.6 Å². The summed E-state index contributed by atoms with van der Waals surface area (Å²) in [6, 6.07) is 4.03. The number of fused-ring (bicyclic) bond motifs is 4. The number of halogens is 1. The van der Waals surface area contributed by atoms with Crippen LogP contribution in [0.2, 0.25) is 5.02 Å². The molecule has 4 rings (SSSR count). The molecule has 1 saturated carbocycles. The van der Waals surface area contributed by atoms with E-state index in [1.54, 1.807) is 19.1 Å². The molecule has 33 heavy (non-hydrogen) atoms. The highest BCUT2D eigenvalue weighted by molar-refractivity contribution is 7.89. The first-order chi connectivity index (χ1) is 15.3. The summed E-state index contributed by atoms with van der Waals surface area (Å²) in [5, 5.41) is 13.9. The molecule has 2 bridgehead atoms. The molecule has 7 nitrogen and oxygen atoms in total. The van der Waals surface area contributed by atoms with Crippen LogP contribution in [0, 0.1) is 5.92 Å². The molecule has 0 saturated heterocycles. The summed E-state index contributed by atoms with van der Waals surface area (Å²) in [6.07, 6.45) is 2.50. The number of anilines is 1. The smallest absolute Gasteiger partial charge is 0.333 e. The van der Waals surface area contributed by atoms with Crippen molar-refractivity contribution in [3.63, 3.8) is 0 Å². The van der Waals surface area contributed by atoms with Crippen molar-refractivity contribution in [3.8, 4) is 0 Å². The van der Waals surface area contributed by atoms with Gasteiger partial charge in [-0.1, -0.05) is 39.3 Å². The number of sulfonamides is 1. The quantitative estimate of drug-likeness (QED) is 0.487. The summed E-state index contributed by atoms with van der Waals surface area (Å²) in [5.74, 6) is 0.800. The van der Waals surface area contributed by atoms with Crippen LogP contribution in [0.4, 0.5) is 10.5 Å². The van der Waals surface area contributed by atoms with Crippen LogP contribution in [0.5, 0.6) is 0 Å². The number of hydrogen-bond acceptors (Lipinski definition) is 5. The molecular formula is C24H31ClN2O5S. The van der Waals surface area contributed by atoms with Gasteiger partial charge in [-0.2, -0.15) is 8.42 Å². The van der Waals surface area contributed by atoms with Gasteiger partial charge in [-0.05, 0) is 67.2 Å². The van der Waals surface area contributed by atoms with Gasteiger partial charge in [0.25, 0.3) is 10.0 Å². The molecule has 9 heteroatoms. The number of urea groups is 1. The number of benzene rings is 1. The average Bonchev–Trinajstić information content (AvgIpc) is 3.34. The van der Waals surface area contributed by atoms with Crippen LogP contribution in [-0.4, -0.2) is 19.6 Å². The summed E-state index contributed by atoms with van der Waals surface area (Å²) < 4.78 is 33.8. The van der Waals surface area contributed by atoms with E-state index in [4.69, 9.17) is 16.0 Å². The van der Waals surface area contributed by atoms with Crippen molar-refractivity contribution in [2.45, 2.75) is 82.3 Å². The second kappa shape index (κ2) is 8.32. The summed E-state index contributed by atoms with van der Waals surface area (Å²) in [7, 11) is -4.28. The maximum atomic E-state index is 13.0. The van der Waals surface area contributed by atoms with Crippen molar-refractivity contribution in [1.29, 1.82) is 0 Å². The molecule has 2 aliphatic carbocycles. The molecule has 3 unspecified atom stereocenters. The normalized spacial score (nSPS) is 24.3. The number of carbonyl (C=O) groups is 1. The van der Waals surface area contributed by atoms with E-state index in [1.807, 2.05) is 27.7 Å². The Labute approximate surface area is 199 Å². The number of rotatable bonds is 5. The minimum absolute atomic E-state index is 0.0579. The maximum Gasteiger partial charge on any atom is 0.333 e. The van der Waals surface area contributed by atoms with Gasteiger partial charge in [0, 0.05) is 28.3 Å². The third-order valence-corrected chi connectivity index (χ3v) is 8.42. The fraction of sp³-hybridized carbons (Fsp3) is 0.542. The van der Waals surface area contributed by atoms with Crippen LogP contribution in [0.15, 0.2) is 27.7 Å². The van der Waals surface area contributed by atoms with Crippen molar-refractivity contribution < 1.29 is 22.7 Å². The highest BCUT2D eigenvalue weighted by Crippen LogP contribution is 2.55. The molecule has 1 heterocycles. The highest BCUT2D eigenvalue weighted by atomic mass is 35.5. The van der Waals surface area contributed by atoms with Crippen molar-refractivity contribution in [2.24, 2.45) is 5.92 Å². The second-order valence-corrected chi connectivity index (χ2v) is 12.1. The van der Waals surface area contributed by atoms with E-state index in [0.717, 1.165) is 30.4 Å². The first kappa shape index (κ1) is 24.1. The number of aliphatic hydroxyl groups is 1. The maximum absolute atomic E-state index is 13.0. The molecule has 0 aliphatic heterocycles. The summed E-state index contributed by atoms with van der Waals surface area (Å²) in [6.45, 7) is 9.60. The van der Waals surface area contributed by atoms with E-state index in [-0.39, 0.29) is 28.8 Å². The lowest BCUT2D eigenvalue weighted by Crippen LogP contribution is -2.35. The largest absolute Gasteiger partial charge is 0.447 e. The van der Waals surface area contributed by atoms with Crippen molar-refractivity contribution in [1.82, 2.24) is 4.72 Å². The Bertz CT molecular complexity index is 1170. The molecule has 0 spiro atoms. The third-order valence-electron chi connectivity index (χ3n) is 7.02. The molecule has 0 radical (unpaired) electrons. The second-order valence-electron chi connectivity index (χ2n) is 10.0. The monoisotopic (exact) mass is 494 g/mol. The van der Waals surface area contributed by atoms with Crippen LogP contribution in [0.3, 0.4) is 0 Å². The van der Waals surface area contributed by atoms with E-state index >= 15 is 0 Å². The van der Waals surface area contributed by atoms with E-state index in [0.29, 0.717) is 22.0 Å². The van der Waals surface area contributed by atoms with E-state index in [1.165, 1.54) is 6.07 Å². The van der Waals surface area contributed by atoms with Gasteiger partial charge in [0.2, 0.25) is 5.09 Å². The van der Waals surface area contributed by atoms with Gasteiger partial charge in [0.15, 0.2) is 0 Å². The van der Waals surface area contributed by atoms with Crippen LogP contribution in [-0.2, 0) is 15.6 Å². The number of furan rings is 1. The molecule has 2 aliphatic rings. The Kier molecular flexibility index (Phi) is 6.08. The molecule has 180 valence electrons. The standard InChI is InChI=1S/C24H31ClN2O5S/c1-12(2)17-9-16(25)10-18(13(3)4)21(17)26-23(28)27-33(30,31)20-11-19-22(32-20)14-6-7-15(8-14)24(19,5)29/h9-15,29H,6-8H2,1-5H3,(H2,26,27,28). The Morgan fingerprint density at radius 3 is 2.33 bits per heavy atom. The number of hydrogen-bond donors (Lipinski definition) is 3. The zero-order valence-corrected chi connectivity index (χ0v) is 21.1. The fourth-order valence-corrected chi connectivity index (χ4v) is 6.28. The van der Waals surface area contributed by atoms with Gasteiger partial charge in [0.05, 0.1) is 5.60 Å². The average molecular weight is 495 g/mol. The minimum Gasteiger partial charge on any atom is -0.447 e.